The van der Waals surface area contributed by atoms with Crippen molar-refractivity contribution < 1.29 is 23.1 Å². The highest BCUT2D eigenvalue weighted by Gasteiger charge is 2.42. The number of likely N-dealkylation sites (N-methyl/N-ethyl adjacent to an activating group) is 1. The molecule has 3 rings (SSSR count). The molecule has 1 N–H and O–H groups in total. The molecule has 1 aromatic carbocycles. The molecular weight excluding hydrogens is 373 g/mol. The molecular formula is C20H21F3N2O3. The van der Waals surface area contributed by atoms with Crippen LogP contribution in [0.2, 0.25) is 0 Å². The summed E-state index contributed by atoms with van der Waals surface area (Å²) in [5, 5.41) is 11.4. The second kappa shape index (κ2) is 6.70. The quantitative estimate of drug-likeness (QED) is 0.790. The number of rotatable bonds is 3. The van der Waals surface area contributed by atoms with Crippen LogP contribution in [0.4, 0.5) is 13.2 Å². The minimum Gasteiger partial charge on any atom is -0.481 e. The van der Waals surface area contributed by atoms with Gasteiger partial charge in [-0.15, -0.1) is 0 Å². The van der Waals surface area contributed by atoms with Gasteiger partial charge in [-0.3, -0.25) is 19.6 Å². The van der Waals surface area contributed by atoms with Crippen molar-refractivity contribution in [2.24, 2.45) is 0 Å². The fraction of sp³-hybridized carbons (Fsp3) is 0.350. The van der Waals surface area contributed by atoms with Gasteiger partial charge in [0.1, 0.15) is 17.0 Å². The molecule has 2 aromatic rings. The number of hydrogen-bond acceptors (Lipinski definition) is 4. The Morgan fingerprint density at radius 3 is 2.46 bits per heavy atom. The van der Waals surface area contributed by atoms with Crippen molar-refractivity contribution >= 4 is 5.70 Å². The smallest absolute Gasteiger partial charge is 0.416 e. The lowest BCUT2D eigenvalue weighted by atomic mass is 9.89. The Morgan fingerprint density at radius 1 is 1.21 bits per heavy atom. The summed E-state index contributed by atoms with van der Waals surface area (Å²) in [6.07, 6.45) is -3.10. The second-order valence-electron chi connectivity index (χ2n) is 7.04. The molecule has 0 radical (unpaired) electrons. The molecule has 1 aromatic heterocycles. The fourth-order valence-electron chi connectivity index (χ4n) is 3.54. The molecule has 0 bridgehead atoms. The van der Waals surface area contributed by atoms with Crippen LogP contribution in [-0.4, -0.2) is 27.0 Å². The van der Waals surface area contributed by atoms with Gasteiger partial charge in [-0.2, -0.15) is 13.2 Å². The number of alkyl halides is 3. The summed E-state index contributed by atoms with van der Waals surface area (Å²) in [6.45, 7) is 6.54. The summed E-state index contributed by atoms with van der Waals surface area (Å²) in [5.74, 6) is 0.217. The molecule has 0 atom stereocenters. The molecule has 0 unspecified atom stereocenters. The highest BCUT2D eigenvalue weighted by Crippen LogP contribution is 2.46. The summed E-state index contributed by atoms with van der Waals surface area (Å²) in [4.78, 5) is 12.6. The Balaban J connectivity index is 2.49. The molecule has 0 spiro atoms. The number of fused-ring (bicyclic) bond motifs is 1. The van der Waals surface area contributed by atoms with Gasteiger partial charge in [-0.05, 0) is 51.5 Å². The lowest BCUT2D eigenvalue weighted by molar-refractivity contribution is -0.138. The summed E-state index contributed by atoms with van der Waals surface area (Å²) in [7, 11) is 0. The van der Waals surface area contributed by atoms with Gasteiger partial charge < -0.3 is 4.74 Å². The van der Waals surface area contributed by atoms with Crippen LogP contribution >= 0.6 is 0 Å². The van der Waals surface area contributed by atoms with Crippen molar-refractivity contribution in [2.75, 3.05) is 6.54 Å². The molecule has 0 saturated carbocycles. The van der Waals surface area contributed by atoms with Crippen LogP contribution in [0.25, 0.3) is 5.70 Å². The highest BCUT2D eigenvalue weighted by molar-refractivity contribution is 5.79. The minimum atomic E-state index is -4.57. The molecule has 150 valence electrons. The van der Waals surface area contributed by atoms with Crippen LogP contribution in [0.3, 0.4) is 0 Å². The fourth-order valence-corrected chi connectivity index (χ4v) is 3.54. The van der Waals surface area contributed by atoms with E-state index >= 15 is 0 Å². The van der Waals surface area contributed by atoms with Gasteiger partial charge in [0, 0.05) is 24.4 Å². The normalized spacial score (nSPS) is 15.9. The third kappa shape index (κ3) is 3.17. The molecule has 0 amide bonds. The maximum absolute atomic E-state index is 13.5. The average molecular weight is 394 g/mol. The first kappa shape index (κ1) is 20.0. The molecule has 5 nitrogen and oxygen atoms in total. The van der Waals surface area contributed by atoms with Crippen LogP contribution in [-0.2, 0) is 6.18 Å². The molecule has 0 saturated heterocycles. The summed E-state index contributed by atoms with van der Waals surface area (Å²) in [5.41, 5.74) is -1.91. The van der Waals surface area contributed by atoms with Crippen molar-refractivity contribution in [1.29, 1.82) is 0 Å². The van der Waals surface area contributed by atoms with Gasteiger partial charge in [0.15, 0.2) is 0 Å². The Bertz CT molecular complexity index is 1010. The van der Waals surface area contributed by atoms with Crippen LogP contribution in [0.5, 0.6) is 5.75 Å². The number of aromatic nitrogens is 1. The number of hydroxylamine groups is 2. The molecule has 1 aliphatic rings. The molecule has 0 aliphatic carbocycles. The van der Waals surface area contributed by atoms with Gasteiger partial charge in [0.25, 0.3) is 5.56 Å². The third-order valence-electron chi connectivity index (χ3n) is 4.75. The van der Waals surface area contributed by atoms with Crippen molar-refractivity contribution in [3.63, 3.8) is 0 Å². The number of hydrogen-bond donors (Lipinski definition) is 1. The third-order valence-corrected chi connectivity index (χ3v) is 4.75. The number of nitrogens with zero attached hydrogens (tertiary/aromatic N) is 2. The maximum Gasteiger partial charge on any atom is 0.416 e. The summed E-state index contributed by atoms with van der Waals surface area (Å²) < 4.78 is 47.7. The minimum absolute atomic E-state index is 0.0757. The van der Waals surface area contributed by atoms with E-state index in [1.165, 1.54) is 29.8 Å². The van der Waals surface area contributed by atoms with E-state index in [0.29, 0.717) is 0 Å². The zero-order valence-electron chi connectivity index (χ0n) is 16.0. The van der Waals surface area contributed by atoms with Gasteiger partial charge in [0.05, 0.1) is 11.3 Å². The van der Waals surface area contributed by atoms with Crippen molar-refractivity contribution in [1.82, 2.24) is 9.63 Å². The van der Waals surface area contributed by atoms with Gasteiger partial charge >= 0.3 is 6.18 Å². The first-order valence-electron chi connectivity index (χ1n) is 8.78. The van der Waals surface area contributed by atoms with Crippen LogP contribution < -0.4 is 10.3 Å². The van der Waals surface area contributed by atoms with E-state index in [9.17, 15) is 23.2 Å². The van der Waals surface area contributed by atoms with Gasteiger partial charge in [-0.1, -0.05) is 6.07 Å². The van der Waals surface area contributed by atoms with Crippen LogP contribution in [0.1, 0.15) is 37.5 Å². The number of halogens is 3. The maximum atomic E-state index is 13.5. The van der Waals surface area contributed by atoms with E-state index in [0.717, 1.165) is 11.1 Å². The van der Waals surface area contributed by atoms with E-state index in [-0.39, 0.29) is 34.8 Å². The van der Waals surface area contributed by atoms with Crippen LogP contribution in [0, 0.1) is 6.92 Å². The molecule has 1 aliphatic heterocycles. The summed E-state index contributed by atoms with van der Waals surface area (Å²) in [6, 6.07) is 6.68. The number of pyridine rings is 1. The Kier molecular flexibility index (Phi) is 4.79. The number of ether oxygens (including phenoxy) is 1. The molecule has 8 heteroatoms. The topological polar surface area (TPSA) is 54.7 Å². The molecule has 0 fully saturated rings. The lowest BCUT2D eigenvalue weighted by Gasteiger charge is -2.40. The van der Waals surface area contributed by atoms with Crippen molar-refractivity contribution in [3.8, 4) is 5.75 Å². The monoisotopic (exact) mass is 394 g/mol. The van der Waals surface area contributed by atoms with E-state index in [1.807, 2.05) is 0 Å². The lowest BCUT2D eigenvalue weighted by Crippen LogP contribution is -2.44. The summed E-state index contributed by atoms with van der Waals surface area (Å²) >= 11 is 0. The first-order chi connectivity index (χ1) is 13.0. The Hall–Kier alpha value is -2.74. The molecule has 2 heterocycles. The van der Waals surface area contributed by atoms with E-state index in [4.69, 9.17) is 4.74 Å². The van der Waals surface area contributed by atoms with Gasteiger partial charge in [-0.25, -0.2) is 0 Å². The van der Waals surface area contributed by atoms with E-state index < -0.39 is 22.9 Å². The van der Waals surface area contributed by atoms with E-state index in [2.05, 4.69) is 0 Å². The Labute approximate surface area is 160 Å². The van der Waals surface area contributed by atoms with Gasteiger partial charge in [0.2, 0.25) is 0 Å². The van der Waals surface area contributed by atoms with E-state index in [1.54, 1.807) is 32.9 Å². The zero-order chi connectivity index (χ0) is 20.9. The standard InChI is InChI=1S/C20H21F3N2O3/c1-5-25(27)18-17(24-11-7-6-8-15(24)26)16-12(2)13(20(21,22)23)9-10-14(16)28-19(18,3)4/h6-11,27H,5H2,1-4H3. The predicted octanol–water partition coefficient (Wildman–Crippen LogP) is 4.27. The second-order valence-corrected chi connectivity index (χ2v) is 7.04. The zero-order valence-corrected chi connectivity index (χ0v) is 16.0. The highest BCUT2D eigenvalue weighted by atomic mass is 19.4. The van der Waals surface area contributed by atoms with Crippen molar-refractivity contribution in [2.45, 2.75) is 39.5 Å². The van der Waals surface area contributed by atoms with Crippen molar-refractivity contribution in [3.05, 3.63) is 69.3 Å². The SMILES string of the molecule is CCN(O)C1=C(n2ccccc2=O)c2c(ccc(C(F)(F)F)c2C)OC1(C)C. The number of benzene rings is 1. The average Bonchev–Trinajstić information content (AvgIpc) is 2.59. The Morgan fingerprint density at radius 2 is 1.89 bits per heavy atom. The predicted molar refractivity (Wildman–Crippen MR) is 98.1 cm³/mol. The largest absolute Gasteiger partial charge is 0.481 e. The van der Waals surface area contributed by atoms with Crippen LogP contribution in [0.15, 0.2) is 47.0 Å². The molecule has 28 heavy (non-hydrogen) atoms. The first-order valence-corrected chi connectivity index (χ1v) is 8.78.